The van der Waals surface area contributed by atoms with Crippen LogP contribution in [0.2, 0.25) is 0 Å². The number of carbonyl (C=O) groups is 1. The lowest BCUT2D eigenvalue weighted by Crippen LogP contribution is -2.51. The Balaban J connectivity index is 1.98. The van der Waals surface area contributed by atoms with Gasteiger partial charge in [0.1, 0.15) is 6.61 Å². The molecule has 6 heteroatoms. The highest BCUT2D eigenvalue weighted by atomic mass is 19.4. The smallest absolute Gasteiger partial charge is 0.432 e. The summed E-state index contributed by atoms with van der Waals surface area (Å²) < 4.78 is 52.3. The first-order chi connectivity index (χ1) is 14.7. The van der Waals surface area contributed by atoms with Crippen molar-refractivity contribution in [3.63, 3.8) is 0 Å². The summed E-state index contributed by atoms with van der Waals surface area (Å²) in [4.78, 5) is 12.8. The molecule has 0 fully saturated rings. The third-order valence-corrected chi connectivity index (χ3v) is 5.31. The first kappa shape index (κ1) is 22.6. The zero-order valence-corrected chi connectivity index (χ0v) is 17.5. The normalized spacial score (nSPS) is 13.5. The zero-order valence-electron chi connectivity index (χ0n) is 17.5. The van der Waals surface area contributed by atoms with Crippen molar-refractivity contribution < 1.29 is 27.4 Å². The molecule has 0 aliphatic rings. The highest BCUT2D eigenvalue weighted by molar-refractivity contribution is 5.83. The van der Waals surface area contributed by atoms with Crippen LogP contribution in [0.5, 0.6) is 0 Å². The van der Waals surface area contributed by atoms with Gasteiger partial charge in [-0.25, -0.2) is 4.79 Å². The van der Waals surface area contributed by atoms with E-state index in [0.29, 0.717) is 5.56 Å². The van der Waals surface area contributed by atoms with E-state index < -0.39 is 17.7 Å². The van der Waals surface area contributed by atoms with Gasteiger partial charge in [0.05, 0.1) is 0 Å². The number of halogens is 3. The number of rotatable bonds is 6. The summed E-state index contributed by atoms with van der Waals surface area (Å²) in [5.41, 5.74) is 0.781. The number of hydrogen-bond acceptors (Lipinski definition) is 3. The van der Waals surface area contributed by atoms with Crippen LogP contribution in [-0.2, 0) is 26.5 Å². The molecule has 0 N–H and O–H groups in total. The van der Waals surface area contributed by atoms with Gasteiger partial charge < -0.3 is 9.47 Å². The number of ether oxygens (including phenoxy) is 2. The molecule has 0 aliphatic heterocycles. The van der Waals surface area contributed by atoms with Gasteiger partial charge in [-0.3, -0.25) is 0 Å². The average molecular weight is 428 g/mol. The lowest BCUT2D eigenvalue weighted by Gasteiger charge is -2.32. The van der Waals surface area contributed by atoms with Gasteiger partial charge in [-0.05, 0) is 41.7 Å². The Labute approximate surface area is 179 Å². The van der Waals surface area contributed by atoms with Crippen LogP contribution in [-0.4, -0.2) is 19.3 Å². The Morgan fingerprint density at radius 1 is 0.839 bits per heavy atom. The molecule has 3 rings (SSSR count). The Morgan fingerprint density at radius 2 is 1.45 bits per heavy atom. The minimum atomic E-state index is -5.01. The zero-order chi connectivity index (χ0) is 22.6. The van der Waals surface area contributed by atoms with Gasteiger partial charge >= 0.3 is 12.1 Å². The molecule has 0 radical (unpaired) electrons. The van der Waals surface area contributed by atoms with Gasteiger partial charge in [-0.15, -0.1) is 0 Å². The summed E-state index contributed by atoms with van der Waals surface area (Å²) in [6, 6.07) is 19.9. The molecule has 0 heterocycles. The van der Waals surface area contributed by atoms with Crippen LogP contribution >= 0.6 is 0 Å². The molecule has 0 aliphatic carbocycles. The van der Waals surface area contributed by atoms with Crippen LogP contribution < -0.4 is 0 Å². The van der Waals surface area contributed by atoms with Crippen LogP contribution in [0.4, 0.5) is 13.2 Å². The van der Waals surface area contributed by atoms with Crippen molar-refractivity contribution in [1.82, 2.24) is 0 Å². The maximum atomic E-state index is 14.1. The van der Waals surface area contributed by atoms with Crippen molar-refractivity contribution in [3.8, 4) is 11.1 Å². The van der Waals surface area contributed by atoms with Crippen LogP contribution in [0.15, 0.2) is 72.8 Å². The first-order valence-corrected chi connectivity index (χ1v) is 9.71. The van der Waals surface area contributed by atoms with E-state index in [4.69, 9.17) is 9.47 Å². The van der Waals surface area contributed by atoms with E-state index in [2.05, 4.69) is 0 Å². The number of benzene rings is 3. The average Bonchev–Trinajstić information content (AvgIpc) is 2.74. The van der Waals surface area contributed by atoms with Crippen molar-refractivity contribution in [1.29, 1.82) is 0 Å². The number of methoxy groups -OCH3 is 1. The molecule has 3 aromatic carbocycles. The van der Waals surface area contributed by atoms with Gasteiger partial charge in [0.25, 0.3) is 5.60 Å². The first-order valence-electron chi connectivity index (χ1n) is 9.71. The minimum absolute atomic E-state index is 0.321. The lowest BCUT2D eigenvalue weighted by molar-refractivity contribution is -0.276. The fourth-order valence-corrected chi connectivity index (χ4v) is 3.72. The fourth-order valence-electron chi connectivity index (χ4n) is 3.72. The minimum Gasteiger partial charge on any atom is -0.458 e. The Hall–Kier alpha value is -3.12. The van der Waals surface area contributed by atoms with Gasteiger partial charge in [0.2, 0.25) is 0 Å². The van der Waals surface area contributed by atoms with Crippen molar-refractivity contribution in [2.45, 2.75) is 32.2 Å². The summed E-state index contributed by atoms with van der Waals surface area (Å²) in [7, 11) is 0.854. The largest absolute Gasteiger partial charge is 0.458 e. The monoisotopic (exact) mass is 428 g/mol. The van der Waals surface area contributed by atoms with Gasteiger partial charge in [-0.1, -0.05) is 72.8 Å². The summed E-state index contributed by atoms with van der Waals surface area (Å²) in [6.45, 7) is 3.54. The molecule has 31 heavy (non-hydrogen) atoms. The maximum Gasteiger partial charge on any atom is 0.432 e. The lowest BCUT2D eigenvalue weighted by atomic mass is 9.91. The van der Waals surface area contributed by atoms with E-state index in [1.54, 1.807) is 18.2 Å². The highest BCUT2D eigenvalue weighted by Gasteiger charge is 2.64. The number of hydrogen-bond donors (Lipinski definition) is 0. The van der Waals surface area contributed by atoms with Gasteiger partial charge in [-0.2, -0.15) is 13.2 Å². The van der Waals surface area contributed by atoms with Crippen LogP contribution in [0.3, 0.4) is 0 Å². The number of alkyl halides is 3. The predicted molar refractivity (Wildman–Crippen MR) is 112 cm³/mol. The molecule has 0 bridgehead atoms. The molecule has 0 aromatic heterocycles. The quantitative estimate of drug-likeness (QED) is 0.444. The van der Waals surface area contributed by atoms with Crippen molar-refractivity contribution in [2.24, 2.45) is 0 Å². The topological polar surface area (TPSA) is 35.5 Å². The van der Waals surface area contributed by atoms with Gasteiger partial charge in [0, 0.05) is 12.7 Å². The summed E-state index contributed by atoms with van der Waals surface area (Å²) in [5.74, 6) is -1.51. The molecule has 162 valence electrons. The second-order valence-electron chi connectivity index (χ2n) is 7.25. The molecule has 0 saturated carbocycles. The Kier molecular flexibility index (Phi) is 6.51. The second-order valence-corrected chi connectivity index (χ2v) is 7.25. The Bertz CT molecular complexity index is 1060. The van der Waals surface area contributed by atoms with E-state index >= 15 is 0 Å². The summed E-state index contributed by atoms with van der Waals surface area (Å²) in [5, 5.41) is 0. The molecule has 1 atom stereocenters. The third-order valence-electron chi connectivity index (χ3n) is 5.31. The number of carbonyl (C=O) groups excluding carboxylic acids is 1. The van der Waals surface area contributed by atoms with E-state index in [1.807, 2.05) is 44.2 Å². The Morgan fingerprint density at radius 3 is 2.06 bits per heavy atom. The van der Waals surface area contributed by atoms with Gasteiger partial charge in [0.15, 0.2) is 0 Å². The molecular weight excluding hydrogens is 405 g/mol. The van der Waals surface area contributed by atoms with E-state index in [1.165, 1.54) is 24.3 Å². The van der Waals surface area contributed by atoms with Crippen molar-refractivity contribution >= 4 is 5.97 Å². The molecule has 0 spiro atoms. The van der Waals surface area contributed by atoms with Crippen LogP contribution in [0.1, 0.15) is 22.3 Å². The summed E-state index contributed by atoms with van der Waals surface area (Å²) in [6.07, 6.45) is -5.01. The second kappa shape index (κ2) is 8.94. The SMILES string of the molecule is COC(C(=O)OCc1cccc(C)c1-c1ccccc1C)(c1ccccc1)C(F)(F)F. The molecule has 1 unspecified atom stereocenters. The van der Waals surface area contributed by atoms with E-state index in [9.17, 15) is 18.0 Å². The number of aryl methyl sites for hydroxylation is 2. The van der Waals surface area contributed by atoms with Crippen molar-refractivity contribution in [3.05, 3.63) is 95.1 Å². The number of esters is 1. The molecule has 3 nitrogen and oxygen atoms in total. The maximum absolute atomic E-state index is 14.1. The molecule has 0 amide bonds. The highest BCUT2D eigenvalue weighted by Crippen LogP contribution is 2.43. The molecule has 0 saturated heterocycles. The van der Waals surface area contributed by atoms with E-state index in [-0.39, 0.29) is 12.2 Å². The molecule has 3 aromatic rings. The standard InChI is InChI=1S/C25H23F3O3/c1-17-10-7-8-15-21(17)22-18(2)11-9-12-19(22)16-31-23(29)24(30-3,25(26,27)28)20-13-5-4-6-14-20/h4-15H,16H2,1-3H3. The molecular formula is C25H23F3O3. The van der Waals surface area contributed by atoms with Crippen molar-refractivity contribution in [2.75, 3.05) is 7.11 Å². The van der Waals surface area contributed by atoms with Crippen LogP contribution in [0.25, 0.3) is 11.1 Å². The third kappa shape index (κ3) is 4.21. The van der Waals surface area contributed by atoms with Crippen LogP contribution in [0, 0.1) is 13.8 Å². The summed E-state index contributed by atoms with van der Waals surface area (Å²) >= 11 is 0. The fraction of sp³-hybridized carbons (Fsp3) is 0.240. The van der Waals surface area contributed by atoms with E-state index in [0.717, 1.165) is 29.4 Å². The predicted octanol–water partition coefficient (Wildman–Crippen LogP) is 6.12.